The topological polar surface area (TPSA) is 90.7 Å². The van der Waals surface area contributed by atoms with Gasteiger partial charge in [0.1, 0.15) is 11.5 Å². The maximum atomic E-state index is 11.8. The second kappa shape index (κ2) is 9.11. The minimum Gasteiger partial charge on any atom is -0.484 e. The lowest BCUT2D eigenvalue weighted by Crippen LogP contribution is -2.28. The lowest BCUT2D eigenvalue weighted by Gasteiger charge is -2.09. The summed E-state index contributed by atoms with van der Waals surface area (Å²) in [5.41, 5.74) is 5.91. The van der Waals surface area contributed by atoms with Crippen molar-refractivity contribution >= 4 is 34.4 Å². The summed E-state index contributed by atoms with van der Waals surface area (Å²) in [6.07, 6.45) is 0. The maximum absolute atomic E-state index is 11.8. The third kappa shape index (κ3) is 6.45. The van der Waals surface area contributed by atoms with Crippen LogP contribution in [0.15, 0.2) is 48.5 Å². The van der Waals surface area contributed by atoms with E-state index in [4.69, 9.17) is 15.2 Å². The highest BCUT2D eigenvalue weighted by Crippen LogP contribution is 2.14. The molecule has 2 aromatic carbocycles. The molecule has 0 heterocycles. The summed E-state index contributed by atoms with van der Waals surface area (Å²) in [6, 6.07) is 14.5. The summed E-state index contributed by atoms with van der Waals surface area (Å²) in [5, 5.41) is 2.77. The van der Waals surface area contributed by atoms with E-state index < -0.39 is 5.91 Å². The van der Waals surface area contributed by atoms with Gasteiger partial charge in [-0.2, -0.15) is 0 Å². The molecule has 0 aliphatic rings. The molecular formula is C17H17IN2O4. The van der Waals surface area contributed by atoms with Crippen molar-refractivity contribution in [1.29, 1.82) is 0 Å². The van der Waals surface area contributed by atoms with Gasteiger partial charge in [0.25, 0.3) is 11.8 Å². The molecule has 6 nitrogen and oxygen atoms in total. The van der Waals surface area contributed by atoms with Crippen LogP contribution in [0.1, 0.15) is 5.56 Å². The van der Waals surface area contributed by atoms with Gasteiger partial charge in [-0.1, -0.05) is 18.2 Å². The molecule has 0 saturated carbocycles. The summed E-state index contributed by atoms with van der Waals surface area (Å²) in [7, 11) is 0. The Labute approximate surface area is 153 Å². The highest BCUT2D eigenvalue weighted by Gasteiger charge is 2.04. The highest BCUT2D eigenvalue weighted by molar-refractivity contribution is 14.1. The van der Waals surface area contributed by atoms with Crippen LogP contribution in [0.25, 0.3) is 0 Å². The van der Waals surface area contributed by atoms with Crippen molar-refractivity contribution in [3.8, 4) is 11.5 Å². The van der Waals surface area contributed by atoms with Gasteiger partial charge >= 0.3 is 0 Å². The van der Waals surface area contributed by atoms with E-state index in [0.717, 1.165) is 9.13 Å². The van der Waals surface area contributed by atoms with Crippen LogP contribution < -0.4 is 20.5 Å². The van der Waals surface area contributed by atoms with E-state index in [1.807, 2.05) is 18.2 Å². The number of carbonyl (C=O) groups is 2. The first-order chi connectivity index (χ1) is 11.5. The van der Waals surface area contributed by atoms with Crippen LogP contribution in [0.2, 0.25) is 0 Å². The van der Waals surface area contributed by atoms with Gasteiger partial charge in [0.15, 0.2) is 13.2 Å². The van der Waals surface area contributed by atoms with Crippen LogP contribution in [0, 0.1) is 3.57 Å². The van der Waals surface area contributed by atoms with Crippen molar-refractivity contribution in [2.24, 2.45) is 5.73 Å². The molecule has 0 unspecified atom stereocenters. The summed E-state index contributed by atoms with van der Waals surface area (Å²) in [4.78, 5) is 22.4. The van der Waals surface area contributed by atoms with E-state index in [-0.39, 0.29) is 19.1 Å². The number of primary amides is 1. The smallest absolute Gasteiger partial charge is 0.258 e. The maximum Gasteiger partial charge on any atom is 0.258 e. The minimum absolute atomic E-state index is 0.0418. The summed E-state index contributed by atoms with van der Waals surface area (Å²) in [5.74, 6) is 0.473. The van der Waals surface area contributed by atoms with Crippen LogP contribution in [0.4, 0.5) is 0 Å². The molecule has 7 heteroatoms. The lowest BCUT2D eigenvalue weighted by atomic mass is 10.2. The summed E-state index contributed by atoms with van der Waals surface area (Å²) >= 11 is 2.18. The monoisotopic (exact) mass is 440 g/mol. The van der Waals surface area contributed by atoms with Crippen LogP contribution >= 0.6 is 22.6 Å². The predicted octanol–water partition coefficient (Wildman–Crippen LogP) is 1.85. The number of rotatable bonds is 8. The number of ether oxygens (including phenoxy) is 2. The molecule has 24 heavy (non-hydrogen) atoms. The van der Waals surface area contributed by atoms with E-state index >= 15 is 0 Å². The number of halogens is 1. The minimum atomic E-state index is -0.528. The molecule has 0 bridgehead atoms. The van der Waals surface area contributed by atoms with Gasteiger partial charge in [-0.3, -0.25) is 9.59 Å². The molecule has 2 rings (SSSR count). The molecule has 0 radical (unpaired) electrons. The van der Waals surface area contributed by atoms with Crippen LogP contribution in [0.3, 0.4) is 0 Å². The van der Waals surface area contributed by atoms with Crippen molar-refractivity contribution < 1.29 is 19.1 Å². The highest BCUT2D eigenvalue weighted by atomic mass is 127. The van der Waals surface area contributed by atoms with Crippen LogP contribution in [0.5, 0.6) is 11.5 Å². The third-order valence-electron chi connectivity index (χ3n) is 2.96. The number of hydrogen-bond donors (Lipinski definition) is 2. The molecule has 0 saturated heterocycles. The molecule has 0 aliphatic heterocycles. The number of carbonyl (C=O) groups excluding carboxylic acids is 2. The third-order valence-corrected chi connectivity index (χ3v) is 3.63. The lowest BCUT2D eigenvalue weighted by molar-refractivity contribution is -0.123. The molecule has 0 aromatic heterocycles. The van der Waals surface area contributed by atoms with E-state index in [1.54, 1.807) is 30.3 Å². The number of amides is 2. The first-order valence-corrected chi connectivity index (χ1v) is 8.26. The second-order valence-electron chi connectivity index (χ2n) is 4.92. The Morgan fingerprint density at radius 1 is 1.00 bits per heavy atom. The fourth-order valence-corrected chi connectivity index (χ4v) is 2.33. The van der Waals surface area contributed by atoms with Gasteiger partial charge in [0, 0.05) is 10.1 Å². The summed E-state index contributed by atoms with van der Waals surface area (Å²) < 4.78 is 11.6. The quantitative estimate of drug-likeness (QED) is 0.614. The number of nitrogens with one attached hydrogen (secondary N) is 1. The van der Waals surface area contributed by atoms with E-state index in [1.165, 1.54) is 0 Å². The molecule has 0 spiro atoms. The zero-order chi connectivity index (χ0) is 17.4. The largest absolute Gasteiger partial charge is 0.484 e. The van der Waals surface area contributed by atoms with Gasteiger partial charge < -0.3 is 20.5 Å². The van der Waals surface area contributed by atoms with Crippen molar-refractivity contribution in [2.45, 2.75) is 6.54 Å². The number of nitrogens with two attached hydrogens (primary N) is 1. The Balaban J connectivity index is 1.74. The van der Waals surface area contributed by atoms with Crippen LogP contribution in [-0.2, 0) is 16.1 Å². The molecule has 2 amide bonds. The van der Waals surface area contributed by atoms with Crippen molar-refractivity contribution in [1.82, 2.24) is 5.32 Å². The molecule has 0 aliphatic carbocycles. The van der Waals surface area contributed by atoms with Crippen LogP contribution in [-0.4, -0.2) is 25.0 Å². The normalized spacial score (nSPS) is 10.0. The molecule has 0 atom stereocenters. The molecular weight excluding hydrogens is 423 g/mol. The zero-order valence-corrected chi connectivity index (χ0v) is 15.0. The van der Waals surface area contributed by atoms with Crippen molar-refractivity contribution in [3.05, 3.63) is 57.7 Å². The molecule has 2 aromatic rings. The van der Waals surface area contributed by atoms with Gasteiger partial charge in [-0.25, -0.2) is 0 Å². The summed E-state index contributed by atoms with van der Waals surface area (Å²) in [6.45, 7) is 0.177. The SMILES string of the molecule is NC(=O)COc1ccc(CNC(=O)COc2cccc(I)c2)cc1. The van der Waals surface area contributed by atoms with E-state index in [9.17, 15) is 9.59 Å². The Hall–Kier alpha value is -2.29. The number of hydrogen-bond acceptors (Lipinski definition) is 4. The van der Waals surface area contributed by atoms with E-state index in [2.05, 4.69) is 27.9 Å². The molecule has 126 valence electrons. The second-order valence-corrected chi connectivity index (χ2v) is 6.17. The zero-order valence-electron chi connectivity index (χ0n) is 12.8. The Morgan fingerprint density at radius 3 is 2.38 bits per heavy atom. The van der Waals surface area contributed by atoms with Gasteiger partial charge in [0.05, 0.1) is 0 Å². The standard InChI is InChI=1S/C17H17IN2O4/c18-13-2-1-3-15(8-13)24-11-17(22)20-9-12-4-6-14(7-5-12)23-10-16(19)21/h1-8H,9-11H2,(H2,19,21)(H,20,22). The predicted molar refractivity (Wildman–Crippen MR) is 97.6 cm³/mol. The average molecular weight is 440 g/mol. The fraction of sp³-hybridized carbons (Fsp3) is 0.176. The van der Waals surface area contributed by atoms with Gasteiger partial charge in [-0.15, -0.1) is 0 Å². The van der Waals surface area contributed by atoms with E-state index in [0.29, 0.717) is 18.0 Å². The number of benzene rings is 2. The van der Waals surface area contributed by atoms with Gasteiger partial charge in [0.2, 0.25) is 0 Å². The Morgan fingerprint density at radius 2 is 1.71 bits per heavy atom. The fourth-order valence-electron chi connectivity index (χ4n) is 1.82. The first kappa shape index (κ1) is 18.1. The first-order valence-electron chi connectivity index (χ1n) is 7.18. The Kier molecular flexibility index (Phi) is 6.86. The van der Waals surface area contributed by atoms with Crippen molar-refractivity contribution in [2.75, 3.05) is 13.2 Å². The molecule has 0 fully saturated rings. The van der Waals surface area contributed by atoms with Gasteiger partial charge in [-0.05, 0) is 58.5 Å². The van der Waals surface area contributed by atoms with Crippen molar-refractivity contribution in [3.63, 3.8) is 0 Å². The average Bonchev–Trinajstić information content (AvgIpc) is 2.57. The Bertz CT molecular complexity index is 704. The molecule has 3 N–H and O–H groups in total.